The van der Waals surface area contributed by atoms with Gasteiger partial charge in [-0.3, -0.25) is 9.59 Å². The molecule has 58 valence electrons. The fraction of sp³-hybridized carbons (Fsp3) is 0.556. The molecule has 0 spiro atoms. The molecule has 0 heterocycles. The maximum atomic E-state index is 11.2. The summed E-state index contributed by atoms with van der Waals surface area (Å²) in [5.41, 5.74) is 1.10. The summed E-state index contributed by atoms with van der Waals surface area (Å²) in [5.74, 6) is -0.451. The number of fused-ring (bicyclic) bond motifs is 2. The molecule has 0 aromatic carbocycles. The third-order valence-corrected chi connectivity index (χ3v) is 2.68. The zero-order valence-corrected chi connectivity index (χ0v) is 6.46. The summed E-state index contributed by atoms with van der Waals surface area (Å²) in [7, 11) is 0. The molecule has 1 fully saturated rings. The van der Waals surface area contributed by atoms with E-state index in [1.165, 1.54) is 0 Å². The fourth-order valence-corrected chi connectivity index (χ4v) is 1.99. The summed E-state index contributed by atoms with van der Waals surface area (Å²) in [5, 5.41) is 0. The van der Waals surface area contributed by atoms with E-state index in [2.05, 4.69) is 0 Å². The quantitative estimate of drug-likeness (QED) is 0.383. The highest BCUT2D eigenvalue weighted by Crippen LogP contribution is 2.35. The molecule has 0 N–H and O–H groups in total. The van der Waals surface area contributed by atoms with Crippen LogP contribution in [0, 0.1) is 11.8 Å². The summed E-state index contributed by atoms with van der Waals surface area (Å²) in [6, 6.07) is 0. The minimum Gasteiger partial charge on any atom is -0.290 e. The van der Waals surface area contributed by atoms with Crippen molar-refractivity contribution < 1.29 is 9.59 Å². The third kappa shape index (κ3) is 0.785. The Labute approximate surface area is 65.3 Å². The molecule has 0 radical (unpaired) electrons. The predicted octanol–water partition coefficient (Wildman–Crippen LogP) is 1.11. The van der Waals surface area contributed by atoms with E-state index in [-0.39, 0.29) is 23.4 Å². The summed E-state index contributed by atoms with van der Waals surface area (Å²) in [4.78, 5) is 22.3. The average Bonchev–Trinajstić information content (AvgIpc) is 1.99. The van der Waals surface area contributed by atoms with Gasteiger partial charge in [-0.15, -0.1) is 0 Å². The molecule has 1 saturated carbocycles. The maximum Gasteiger partial charge on any atom is 0.206 e. The lowest BCUT2D eigenvalue weighted by Crippen LogP contribution is -2.39. The summed E-state index contributed by atoms with van der Waals surface area (Å²) in [6.07, 6.45) is 3.72. The van der Waals surface area contributed by atoms with Crippen LogP contribution in [-0.4, -0.2) is 11.6 Å². The average molecular weight is 150 g/mol. The highest BCUT2D eigenvalue weighted by Gasteiger charge is 2.40. The normalized spacial score (nSPS) is 35.9. The fourth-order valence-electron chi connectivity index (χ4n) is 1.99. The predicted molar refractivity (Wildman–Crippen MR) is 40.0 cm³/mol. The molecule has 0 saturated heterocycles. The lowest BCUT2D eigenvalue weighted by atomic mass is 9.70. The number of ketones is 2. The Bertz CT molecular complexity index is 263. The Morgan fingerprint density at radius 1 is 1.27 bits per heavy atom. The van der Waals surface area contributed by atoms with E-state index in [1.54, 1.807) is 0 Å². The van der Waals surface area contributed by atoms with Crippen molar-refractivity contribution in [3.63, 3.8) is 0 Å². The first kappa shape index (κ1) is 6.77. The first-order valence-electron chi connectivity index (χ1n) is 3.96. The lowest BCUT2D eigenvalue weighted by molar-refractivity contribution is -0.142. The molecule has 2 unspecified atom stereocenters. The second-order valence-electron chi connectivity index (χ2n) is 3.38. The van der Waals surface area contributed by atoms with Gasteiger partial charge in [-0.1, -0.05) is 11.6 Å². The minimum absolute atomic E-state index is 0.0625. The van der Waals surface area contributed by atoms with Gasteiger partial charge in [0.25, 0.3) is 0 Å². The van der Waals surface area contributed by atoms with Crippen LogP contribution < -0.4 is 0 Å². The number of rotatable bonds is 0. The molecule has 0 aromatic heterocycles. The summed E-state index contributed by atoms with van der Waals surface area (Å²) >= 11 is 0. The smallest absolute Gasteiger partial charge is 0.206 e. The van der Waals surface area contributed by atoms with Gasteiger partial charge in [0, 0.05) is 11.8 Å². The molecular weight excluding hydrogens is 140 g/mol. The molecule has 11 heavy (non-hydrogen) atoms. The van der Waals surface area contributed by atoms with Crippen molar-refractivity contribution in [3.05, 3.63) is 11.6 Å². The highest BCUT2D eigenvalue weighted by molar-refractivity contribution is 6.41. The monoisotopic (exact) mass is 150 g/mol. The van der Waals surface area contributed by atoms with E-state index in [4.69, 9.17) is 0 Å². The standard InChI is InChI=1S/C9H10O2/c1-5-4-6-2-3-7(5)9(11)8(6)10/h4,6-7H,2-3H2,1H3. The molecule has 2 atom stereocenters. The van der Waals surface area contributed by atoms with E-state index in [1.807, 2.05) is 13.0 Å². The van der Waals surface area contributed by atoms with Crippen LogP contribution in [0.2, 0.25) is 0 Å². The van der Waals surface area contributed by atoms with Gasteiger partial charge < -0.3 is 0 Å². The van der Waals surface area contributed by atoms with Crippen LogP contribution in [0.5, 0.6) is 0 Å². The SMILES string of the molecule is CC1=CC2CCC1C(=O)C2=O. The van der Waals surface area contributed by atoms with Crippen LogP contribution in [0.3, 0.4) is 0 Å². The molecule has 3 aliphatic rings. The van der Waals surface area contributed by atoms with Gasteiger partial charge in [-0.2, -0.15) is 0 Å². The molecule has 2 bridgehead atoms. The maximum absolute atomic E-state index is 11.2. The molecule has 2 nitrogen and oxygen atoms in total. The second kappa shape index (κ2) is 2.03. The molecular formula is C9H10O2. The Morgan fingerprint density at radius 3 is 2.45 bits per heavy atom. The summed E-state index contributed by atoms with van der Waals surface area (Å²) in [6.45, 7) is 1.95. The molecule has 3 aliphatic carbocycles. The zero-order chi connectivity index (χ0) is 8.01. The van der Waals surface area contributed by atoms with Crippen LogP contribution in [0.25, 0.3) is 0 Å². The molecule has 3 rings (SSSR count). The first-order valence-corrected chi connectivity index (χ1v) is 3.96. The number of carbonyl (C=O) groups is 2. The Kier molecular flexibility index (Phi) is 1.25. The van der Waals surface area contributed by atoms with Crippen LogP contribution in [0.15, 0.2) is 11.6 Å². The van der Waals surface area contributed by atoms with Gasteiger partial charge in [0.15, 0.2) is 0 Å². The van der Waals surface area contributed by atoms with Gasteiger partial charge in [-0.05, 0) is 19.8 Å². The van der Waals surface area contributed by atoms with E-state index in [0.29, 0.717) is 0 Å². The van der Waals surface area contributed by atoms with Gasteiger partial charge >= 0.3 is 0 Å². The number of allylic oxidation sites excluding steroid dienone is 2. The number of hydrogen-bond acceptors (Lipinski definition) is 2. The van der Waals surface area contributed by atoms with E-state index in [9.17, 15) is 9.59 Å². The molecule has 0 aromatic rings. The first-order chi connectivity index (χ1) is 5.20. The minimum atomic E-state index is -0.160. The topological polar surface area (TPSA) is 34.1 Å². The van der Waals surface area contributed by atoms with Gasteiger partial charge in [0.1, 0.15) is 0 Å². The van der Waals surface area contributed by atoms with Gasteiger partial charge in [0.05, 0.1) is 0 Å². The lowest BCUT2D eigenvalue weighted by Gasteiger charge is -2.31. The van der Waals surface area contributed by atoms with E-state index >= 15 is 0 Å². The van der Waals surface area contributed by atoms with E-state index in [0.717, 1.165) is 18.4 Å². The van der Waals surface area contributed by atoms with E-state index < -0.39 is 0 Å². The number of hydrogen-bond donors (Lipinski definition) is 0. The Hall–Kier alpha value is -0.920. The Morgan fingerprint density at radius 2 is 2.00 bits per heavy atom. The van der Waals surface area contributed by atoms with Crippen molar-refractivity contribution in [2.45, 2.75) is 19.8 Å². The van der Waals surface area contributed by atoms with Gasteiger partial charge in [-0.25, -0.2) is 0 Å². The van der Waals surface area contributed by atoms with Crippen LogP contribution >= 0.6 is 0 Å². The van der Waals surface area contributed by atoms with Crippen molar-refractivity contribution >= 4 is 11.6 Å². The summed E-state index contributed by atoms with van der Waals surface area (Å²) < 4.78 is 0. The third-order valence-electron chi connectivity index (χ3n) is 2.68. The van der Waals surface area contributed by atoms with Crippen molar-refractivity contribution in [1.29, 1.82) is 0 Å². The highest BCUT2D eigenvalue weighted by atomic mass is 16.2. The molecule has 0 amide bonds. The van der Waals surface area contributed by atoms with Gasteiger partial charge in [0.2, 0.25) is 11.6 Å². The molecule has 0 aliphatic heterocycles. The number of carbonyl (C=O) groups excluding carboxylic acids is 2. The van der Waals surface area contributed by atoms with Crippen molar-refractivity contribution in [3.8, 4) is 0 Å². The van der Waals surface area contributed by atoms with Crippen molar-refractivity contribution in [1.82, 2.24) is 0 Å². The van der Waals surface area contributed by atoms with Crippen molar-refractivity contribution in [2.75, 3.05) is 0 Å². The Balaban J connectivity index is 2.46. The largest absolute Gasteiger partial charge is 0.290 e. The van der Waals surface area contributed by atoms with Crippen LogP contribution in [-0.2, 0) is 9.59 Å². The molecule has 2 heteroatoms. The number of Topliss-reactive ketones (excluding diaryl/α,β-unsaturated/α-hetero) is 2. The second-order valence-corrected chi connectivity index (χ2v) is 3.38. The van der Waals surface area contributed by atoms with Crippen LogP contribution in [0.1, 0.15) is 19.8 Å². The van der Waals surface area contributed by atoms with Crippen molar-refractivity contribution in [2.24, 2.45) is 11.8 Å². The van der Waals surface area contributed by atoms with Crippen LogP contribution in [0.4, 0.5) is 0 Å². The zero-order valence-electron chi connectivity index (χ0n) is 6.46.